The van der Waals surface area contributed by atoms with E-state index < -0.39 is 6.04 Å². The molecule has 0 aliphatic carbocycles. The average molecular weight is 239 g/mol. The Bertz CT molecular complexity index is 300. The first-order chi connectivity index (χ1) is 8.18. The van der Waals surface area contributed by atoms with Crippen LogP contribution < -0.4 is 5.73 Å². The van der Waals surface area contributed by atoms with Crippen LogP contribution in [0.15, 0.2) is 0 Å². The lowest BCUT2D eigenvalue weighted by molar-refractivity contribution is -0.140. The van der Waals surface area contributed by atoms with E-state index in [1.165, 1.54) is 0 Å². The van der Waals surface area contributed by atoms with Gasteiger partial charge < -0.3 is 15.5 Å². The van der Waals surface area contributed by atoms with Crippen molar-refractivity contribution in [1.29, 1.82) is 0 Å². The van der Waals surface area contributed by atoms with E-state index in [4.69, 9.17) is 5.73 Å². The van der Waals surface area contributed by atoms with Crippen molar-refractivity contribution < 1.29 is 9.59 Å². The van der Waals surface area contributed by atoms with E-state index in [1.54, 1.807) is 4.90 Å². The first kappa shape index (κ1) is 12.4. The molecule has 0 aromatic heterocycles. The van der Waals surface area contributed by atoms with E-state index >= 15 is 0 Å². The van der Waals surface area contributed by atoms with Crippen molar-refractivity contribution in [3.63, 3.8) is 0 Å². The van der Waals surface area contributed by atoms with Gasteiger partial charge in [-0.3, -0.25) is 9.59 Å². The van der Waals surface area contributed by atoms with Gasteiger partial charge in [0.15, 0.2) is 0 Å². The molecule has 1 atom stereocenters. The zero-order valence-electron chi connectivity index (χ0n) is 10.2. The number of nitrogens with zero attached hydrogens (tertiary/aromatic N) is 2. The van der Waals surface area contributed by atoms with Gasteiger partial charge in [-0.2, -0.15) is 0 Å². The van der Waals surface area contributed by atoms with E-state index in [0.717, 1.165) is 45.2 Å². The molecule has 2 N–H and O–H groups in total. The number of hydrogen-bond donors (Lipinski definition) is 1. The highest BCUT2D eigenvalue weighted by atomic mass is 16.2. The fourth-order valence-electron chi connectivity index (χ4n) is 2.52. The quantitative estimate of drug-likeness (QED) is 0.734. The molecule has 0 saturated carbocycles. The molecule has 5 nitrogen and oxygen atoms in total. The molecule has 0 radical (unpaired) electrons. The predicted molar refractivity (Wildman–Crippen MR) is 64.2 cm³/mol. The van der Waals surface area contributed by atoms with Crippen LogP contribution in [-0.4, -0.2) is 53.8 Å². The second-order valence-corrected chi connectivity index (χ2v) is 4.95. The molecule has 0 aromatic carbocycles. The van der Waals surface area contributed by atoms with Crippen molar-refractivity contribution >= 4 is 11.8 Å². The summed E-state index contributed by atoms with van der Waals surface area (Å²) in [6.45, 7) is 2.57. The molecule has 1 unspecified atom stereocenters. The minimum Gasteiger partial charge on any atom is -0.341 e. The minimum atomic E-state index is -0.413. The maximum Gasteiger partial charge on any atom is 0.242 e. The van der Waals surface area contributed by atoms with E-state index in [0.29, 0.717) is 6.54 Å². The van der Waals surface area contributed by atoms with E-state index in [9.17, 15) is 9.59 Å². The average Bonchev–Trinajstić information content (AvgIpc) is 2.80. The van der Waals surface area contributed by atoms with Crippen LogP contribution in [0.4, 0.5) is 0 Å². The van der Waals surface area contributed by atoms with E-state index in [2.05, 4.69) is 0 Å². The van der Waals surface area contributed by atoms with Crippen molar-refractivity contribution in [1.82, 2.24) is 9.80 Å². The third-order valence-corrected chi connectivity index (χ3v) is 3.61. The summed E-state index contributed by atoms with van der Waals surface area (Å²) in [6, 6.07) is -0.413. The fourth-order valence-corrected chi connectivity index (χ4v) is 2.52. The lowest BCUT2D eigenvalue weighted by Crippen LogP contribution is -2.47. The molecule has 5 heteroatoms. The molecular weight excluding hydrogens is 218 g/mol. The summed E-state index contributed by atoms with van der Waals surface area (Å²) < 4.78 is 0. The van der Waals surface area contributed by atoms with Gasteiger partial charge in [0.1, 0.15) is 0 Å². The Kier molecular flexibility index (Phi) is 3.99. The number of hydrogen-bond acceptors (Lipinski definition) is 3. The Morgan fingerprint density at radius 3 is 2.53 bits per heavy atom. The number of nitrogens with two attached hydrogens (primary N) is 1. The highest BCUT2D eigenvalue weighted by molar-refractivity contribution is 5.87. The molecule has 0 bridgehead atoms. The van der Waals surface area contributed by atoms with Crippen molar-refractivity contribution in [2.75, 3.05) is 26.2 Å². The predicted octanol–water partition coefficient (Wildman–Crippen LogP) is -0.0514. The molecule has 2 heterocycles. The molecule has 0 spiro atoms. The molecule has 0 aromatic rings. The lowest BCUT2D eigenvalue weighted by Gasteiger charge is -2.25. The Balaban J connectivity index is 1.91. The Hall–Kier alpha value is -1.10. The van der Waals surface area contributed by atoms with Gasteiger partial charge in [0.2, 0.25) is 11.8 Å². The Morgan fingerprint density at radius 1 is 1.18 bits per heavy atom. The molecule has 2 aliphatic heterocycles. The second-order valence-electron chi connectivity index (χ2n) is 4.95. The number of likely N-dealkylation sites (tertiary alicyclic amines) is 2. The summed E-state index contributed by atoms with van der Waals surface area (Å²) in [5.74, 6) is 0.0139. The molecule has 2 aliphatic rings. The van der Waals surface area contributed by atoms with Gasteiger partial charge >= 0.3 is 0 Å². The van der Waals surface area contributed by atoms with Crippen LogP contribution in [0.5, 0.6) is 0 Å². The zero-order chi connectivity index (χ0) is 12.3. The van der Waals surface area contributed by atoms with Crippen molar-refractivity contribution in [2.24, 2.45) is 5.73 Å². The van der Waals surface area contributed by atoms with Gasteiger partial charge in [0, 0.05) is 19.6 Å². The molecule has 2 rings (SSSR count). The lowest BCUT2D eigenvalue weighted by atomic mass is 10.1. The smallest absolute Gasteiger partial charge is 0.242 e. The van der Waals surface area contributed by atoms with Crippen LogP contribution in [0, 0.1) is 0 Å². The van der Waals surface area contributed by atoms with Crippen molar-refractivity contribution in [2.45, 2.75) is 38.1 Å². The van der Waals surface area contributed by atoms with Gasteiger partial charge in [0.25, 0.3) is 0 Å². The summed E-state index contributed by atoms with van der Waals surface area (Å²) in [7, 11) is 0. The summed E-state index contributed by atoms with van der Waals surface area (Å²) in [5.41, 5.74) is 5.78. The number of amides is 2. The molecule has 2 saturated heterocycles. The summed E-state index contributed by atoms with van der Waals surface area (Å²) >= 11 is 0. The van der Waals surface area contributed by atoms with E-state index in [-0.39, 0.29) is 18.4 Å². The third-order valence-electron chi connectivity index (χ3n) is 3.61. The van der Waals surface area contributed by atoms with Gasteiger partial charge in [-0.05, 0) is 32.1 Å². The third kappa shape index (κ3) is 2.97. The van der Waals surface area contributed by atoms with Crippen molar-refractivity contribution in [3.05, 3.63) is 0 Å². The molecule has 2 fully saturated rings. The largest absolute Gasteiger partial charge is 0.341 e. The van der Waals surface area contributed by atoms with Crippen LogP contribution in [0.2, 0.25) is 0 Å². The minimum absolute atomic E-state index is 0.0601. The van der Waals surface area contributed by atoms with Gasteiger partial charge in [-0.15, -0.1) is 0 Å². The van der Waals surface area contributed by atoms with Crippen LogP contribution in [0.1, 0.15) is 32.1 Å². The second kappa shape index (κ2) is 5.49. The topological polar surface area (TPSA) is 66.6 Å². The monoisotopic (exact) mass is 239 g/mol. The molecular formula is C12H21N3O2. The van der Waals surface area contributed by atoms with Crippen LogP contribution >= 0.6 is 0 Å². The fraction of sp³-hybridized carbons (Fsp3) is 0.833. The van der Waals surface area contributed by atoms with E-state index in [1.807, 2.05) is 4.90 Å². The highest BCUT2D eigenvalue weighted by Crippen LogP contribution is 2.12. The zero-order valence-corrected chi connectivity index (χ0v) is 10.2. The molecule has 2 amide bonds. The summed E-state index contributed by atoms with van der Waals surface area (Å²) in [6.07, 6.45) is 4.83. The summed E-state index contributed by atoms with van der Waals surface area (Å²) in [5, 5.41) is 0. The molecule has 17 heavy (non-hydrogen) atoms. The number of carbonyl (C=O) groups excluding carboxylic acids is 2. The van der Waals surface area contributed by atoms with Gasteiger partial charge in [-0.25, -0.2) is 0 Å². The first-order valence-electron chi connectivity index (χ1n) is 6.50. The number of carbonyl (C=O) groups is 2. The Labute approximate surface area is 102 Å². The van der Waals surface area contributed by atoms with Gasteiger partial charge in [0.05, 0.1) is 12.6 Å². The number of rotatable bonds is 2. The van der Waals surface area contributed by atoms with Crippen LogP contribution in [0.25, 0.3) is 0 Å². The first-order valence-corrected chi connectivity index (χ1v) is 6.50. The standard InChI is InChI=1S/C12H21N3O2/c13-10-5-1-2-8-15(12(10)17)9-11(16)14-6-3-4-7-14/h10H,1-9,13H2. The highest BCUT2D eigenvalue weighted by Gasteiger charge is 2.27. The van der Waals surface area contributed by atoms with Crippen LogP contribution in [-0.2, 0) is 9.59 Å². The maximum atomic E-state index is 12.0. The molecule has 96 valence electrons. The van der Waals surface area contributed by atoms with Crippen molar-refractivity contribution in [3.8, 4) is 0 Å². The maximum absolute atomic E-state index is 12.0. The van der Waals surface area contributed by atoms with Crippen LogP contribution in [0.3, 0.4) is 0 Å². The Morgan fingerprint density at radius 2 is 1.82 bits per heavy atom. The van der Waals surface area contributed by atoms with Gasteiger partial charge in [-0.1, -0.05) is 0 Å². The SMILES string of the molecule is NC1CCCCN(CC(=O)N2CCCC2)C1=O. The normalized spacial score (nSPS) is 26.2. The summed E-state index contributed by atoms with van der Waals surface area (Å²) in [4.78, 5) is 27.4.